The fourth-order valence-electron chi connectivity index (χ4n) is 2.06. The fraction of sp³-hybridized carbons (Fsp3) is 0.316. The van der Waals surface area contributed by atoms with Crippen molar-refractivity contribution < 1.29 is 9.53 Å². The first-order valence-electron chi connectivity index (χ1n) is 7.90. The molecule has 0 aliphatic heterocycles. The van der Waals surface area contributed by atoms with Gasteiger partial charge in [0.15, 0.2) is 0 Å². The normalized spacial score (nSPS) is 10.7. The highest BCUT2D eigenvalue weighted by molar-refractivity contribution is 6.35. The van der Waals surface area contributed by atoms with E-state index >= 15 is 0 Å². The van der Waals surface area contributed by atoms with Crippen molar-refractivity contribution in [3.05, 3.63) is 63.6 Å². The number of carbonyl (C=O) groups is 1. The van der Waals surface area contributed by atoms with Crippen LogP contribution in [0.2, 0.25) is 10.0 Å². The topological polar surface area (TPSA) is 38.3 Å². The summed E-state index contributed by atoms with van der Waals surface area (Å²) in [6, 6.07) is 12.3. The molecule has 0 saturated heterocycles. The monoisotopic (exact) mass is 365 g/mol. The van der Waals surface area contributed by atoms with Gasteiger partial charge in [0.1, 0.15) is 5.75 Å². The van der Waals surface area contributed by atoms with Crippen LogP contribution in [0.1, 0.15) is 36.2 Å². The van der Waals surface area contributed by atoms with Crippen molar-refractivity contribution in [1.82, 2.24) is 5.32 Å². The van der Waals surface area contributed by atoms with Crippen molar-refractivity contribution in [2.24, 2.45) is 5.92 Å². The Bertz CT molecular complexity index is 684. The van der Waals surface area contributed by atoms with Gasteiger partial charge in [-0.05, 0) is 54.3 Å². The number of rotatable bonds is 7. The standard InChI is InChI=1S/C19H21Cl2NO2/c1-13(2)9-10-24-17-7-4-14(5-8-17)19(23)22-12-15-3-6-16(20)11-18(15)21/h3-8,11,13H,9-10,12H2,1-2H3,(H,22,23). The van der Waals surface area contributed by atoms with Crippen molar-refractivity contribution in [3.8, 4) is 5.75 Å². The maximum Gasteiger partial charge on any atom is 0.251 e. The summed E-state index contributed by atoms with van der Waals surface area (Å²) in [4.78, 5) is 12.2. The zero-order valence-corrected chi connectivity index (χ0v) is 15.3. The Hall–Kier alpha value is -1.71. The minimum Gasteiger partial charge on any atom is -0.494 e. The number of carbonyl (C=O) groups excluding carboxylic acids is 1. The lowest BCUT2D eigenvalue weighted by molar-refractivity contribution is 0.0951. The second-order valence-corrected chi connectivity index (χ2v) is 6.82. The molecule has 0 radical (unpaired) electrons. The van der Waals surface area contributed by atoms with Crippen LogP contribution in [0, 0.1) is 5.92 Å². The lowest BCUT2D eigenvalue weighted by Crippen LogP contribution is -2.22. The molecule has 3 nitrogen and oxygen atoms in total. The number of nitrogens with one attached hydrogen (secondary N) is 1. The highest BCUT2D eigenvalue weighted by atomic mass is 35.5. The van der Waals surface area contributed by atoms with Crippen LogP contribution in [0.5, 0.6) is 5.75 Å². The number of amides is 1. The largest absolute Gasteiger partial charge is 0.494 e. The molecule has 2 aromatic rings. The van der Waals surface area contributed by atoms with E-state index in [1.54, 1.807) is 30.3 Å². The zero-order chi connectivity index (χ0) is 17.5. The van der Waals surface area contributed by atoms with Crippen LogP contribution in [-0.4, -0.2) is 12.5 Å². The highest BCUT2D eigenvalue weighted by Gasteiger charge is 2.07. The van der Waals surface area contributed by atoms with Crippen molar-refractivity contribution in [3.63, 3.8) is 0 Å². The number of hydrogen-bond donors (Lipinski definition) is 1. The van der Waals surface area contributed by atoms with E-state index in [2.05, 4.69) is 19.2 Å². The van der Waals surface area contributed by atoms with E-state index in [0.29, 0.717) is 34.7 Å². The molecule has 0 aromatic heterocycles. The molecule has 0 unspecified atom stereocenters. The van der Waals surface area contributed by atoms with Crippen LogP contribution in [0.15, 0.2) is 42.5 Å². The first-order valence-corrected chi connectivity index (χ1v) is 8.66. The molecule has 0 heterocycles. The molecular weight excluding hydrogens is 345 g/mol. The molecule has 24 heavy (non-hydrogen) atoms. The summed E-state index contributed by atoms with van der Waals surface area (Å²) < 4.78 is 5.65. The maximum absolute atomic E-state index is 12.2. The summed E-state index contributed by atoms with van der Waals surface area (Å²) in [6.45, 7) is 5.34. The Morgan fingerprint density at radius 3 is 2.46 bits per heavy atom. The summed E-state index contributed by atoms with van der Waals surface area (Å²) in [5.74, 6) is 1.22. The Labute approximate surface area is 152 Å². The Morgan fingerprint density at radius 2 is 1.83 bits per heavy atom. The molecule has 0 fully saturated rings. The molecule has 2 aromatic carbocycles. The average molecular weight is 366 g/mol. The first-order chi connectivity index (χ1) is 11.5. The molecule has 0 aliphatic carbocycles. The molecule has 2 rings (SSSR count). The summed E-state index contributed by atoms with van der Waals surface area (Å²) in [6.07, 6.45) is 1.00. The van der Waals surface area contributed by atoms with Crippen LogP contribution in [0.4, 0.5) is 0 Å². The van der Waals surface area contributed by atoms with Crippen LogP contribution < -0.4 is 10.1 Å². The molecule has 1 amide bonds. The average Bonchev–Trinajstić information content (AvgIpc) is 2.54. The minimum atomic E-state index is -0.158. The molecule has 0 aliphatic rings. The summed E-state index contributed by atoms with van der Waals surface area (Å²) in [5, 5.41) is 3.96. The third kappa shape index (κ3) is 5.73. The summed E-state index contributed by atoms with van der Waals surface area (Å²) >= 11 is 12.0. The molecule has 5 heteroatoms. The van der Waals surface area contributed by atoms with Gasteiger partial charge < -0.3 is 10.1 Å². The van der Waals surface area contributed by atoms with Crippen LogP contribution in [-0.2, 0) is 6.54 Å². The molecule has 0 atom stereocenters. The third-order valence-electron chi connectivity index (χ3n) is 3.53. The van der Waals surface area contributed by atoms with Gasteiger partial charge in [-0.3, -0.25) is 4.79 Å². The van der Waals surface area contributed by atoms with Crippen molar-refractivity contribution in [2.45, 2.75) is 26.8 Å². The van der Waals surface area contributed by atoms with E-state index < -0.39 is 0 Å². The lowest BCUT2D eigenvalue weighted by atomic mass is 10.1. The van der Waals surface area contributed by atoms with Crippen molar-refractivity contribution in [1.29, 1.82) is 0 Å². The van der Waals surface area contributed by atoms with E-state index in [4.69, 9.17) is 27.9 Å². The Morgan fingerprint density at radius 1 is 1.12 bits per heavy atom. The molecular formula is C19H21Cl2NO2. The number of halogens is 2. The van der Waals surface area contributed by atoms with Gasteiger partial charge in [0.05, 0.1) is 6.61 Å². The highest BCUT2D eigenvalue weighted by Crippen LogP contribution is 2.21. The zero-order valence-electron chi connectivity index (χ0n) is 13.8. The van der Waals surface area contributed by atoms with Gasteiger partial charge in [0.25, 0.3) is 5.91 Å². The second kappa shape index (κ2) is 8.95. The van der Waals surface area contributed by atoms with Crippen LogP contribution >= 0.6 is 23.2 Å². The van der Waals surface area contributed by atoms with Gasteiger partial charge in [-0.2, -0.15) is 0 Å². The molecule has 0 spiro atoms. The lowest BCUT2D eigenvalue weighted by Gasteiger charge is -2.10. The third-order valence-corrected chi connectivity index (χ3v) is 4.12. The Balaban J connectivity index is 1.88. The predicted molar refractivity (Wildman–Crippen MR) is 99.0 cm³/mol. The second-order valence-electron chi connectivity index (χ2n) is 5.97. The Kier molecular flexibility index (Phi) is 6.95. The van der Waals surface area contributed by atoms with E-state index in [9.17, 15) is 4.79 Å². The number of ether oxygens (including phenoxy) is 1. The molecule has 0 bridgehead atoms. The van der Waals surface area contributed by atoms with Crippen LogP contribution in [0.25, 0.3) is 0 Å². The summed E-state index contributed by atoms with van der Waals surface area (Å²) in [5.41, 5.74) is 1.40. The fourth-order valence-corrected chi connectivity index (χ4v) is 2.53. The SMILES string of the molecule is CC(C)CCOc1ccc(C(=O)NCc2ccc(Cl)cc2Cl)cc1. The van der Waals surface area contributed by atoms with Crippen molar-refractivity contribution >= 4 is 29.1 Å². The van der Waals surface area contributed by atoms with Crippen LogP contribution in [0.3, 0.4) is 0 Å². The molecule has 128 valence electrons. The van der Waals surface area contributed by atoms with Gasteiger partial charge in [-0.25, -0.2) is 0 Å². The van der Waals surface area contributed by atoms with Gasteiger partial charge >= 0.3 is 0 Å². The number of benzene rings is 2. The van der Waals surface area contributed by atoms with Gasteiger partial charge in [0, 0.05) is 22.2 Å². The number of hydrogen-bond acceptors (Lipinski definition) is 2. The van der Waals surface area contributed by atoms with E-state index in [-0.39, 0.29) is 5.91 Å². The molecule has 0 saturated carbocycles. The molecule has 1 N–H and O–H groups in total. The van der Waals surface area contributed by atoms with Gasteiger partial charge in [0.2, 0.25) is 0 Å². The van der Waals surface area contributed by atoms with Gasteiger partial charge in [-0.1, -0.05) is 43.1 Å². The van der Waals surface area contributed by atoms with E-state index in [1.165, 1.54) is 0 Å². The minimum absolute atomic E-state index is 0.158. The predicted octanol–water partition coefficient (Wildman–Crippen LogP) is 5.35. The van der Waals surface area contributed by atoms with E-state index in [1.807, 2.05) is 12.1 Å². The quantitative estimate of drug-likeness (QED) is 0.718. The van der Waals surface area contributed by atoms with Crippen molar-refractivity contribution in [2.75, 3.05) is 6.61 Å². The maximum atomic E-state index is 12.2. The smallest absolute Gasteiger partial charge is 0.251 e. The summed E-state index contributed by atoms with van der Waals surface area (Å²) in [7, 11) is 0. The first kappa shape index (κ1) is 18.6. The van der Waals surface area contributed by atoms with Gasteiger partial charge in [-0.15, -0.1) is 0 Å². The van der Waals surface area contributed by atoms with E-state index in [0.717, 1.165) is 17.7 Å².